The Kier molecular flexibility index (Phi) is 9.57. The molecule has 0 unspecified atom stereocenters. The van der Waals surface area contributed by atoms with Crippen molar-refractivity contribution in [3.05, 3.63) is 65.1 Å². The zero-order chi connectivity index (χ0) is 19.2. The molecule has 0 saturated carbocycles. The highest BCUT2D eigenvalue weighted by Crippen LogP contribution is 2.08. The van der Waals surface area contributed by atoms with Gasteiger partial charge in [0.25, 0.3) is 0 Å². The van der Waals surface area contributed by atoms with Crippen molar-refractivity contribution in [2.75, 3.05) is 26.2 Å². The van der Waals surface area contributed by atoms with Gasteiger partial charge in [0.2, 0.25) is 5.56 Å². The molecule has 0 saturated heterocycles. The minimum absolute atomic E-state index is 0.0538. The number of pyridine rings is 1. The molecule has 0 aliphatic carbocycles. The van der Waals surface area contributed by atoms with Crippen molar-refractivity contribution in [3.8, 4) is 5.75 Å². The molecule has 146 valence electrons. The lowest BCUT2D eigenvalue weighted by Gasteiger charge is -2.11. The third kappa shape index (κ3) is 8.44. The second kappa shape index (κ2) is 12.6. The summed E-state index contributed by atoms with van der Waals surface area (Å²) in [5, 5.41) is 6.59. The van der Waals surface area contributed by atoms with Crippen LogP contribution in [0.5, 0.6) is 5.75 Å². The lowest BCUT2D eigenvalue weighted by molar-refractivity contribution is 0.313. The third-order valence-corrected chi connectivity index (χ3v) is 3.95. The molecule has 6 nitrogen and oxygen atoms in total. The van der Waals surface area contributed by atoms with Crippen molar-refractivity contribution in [2.45, 2.75) is 32.7 Å². The molecule has 0 radical (unpaired) electrons. The van der Waals surface area contributed by atoms with E-state index in [4.69, 9.17) is 4.74 Å². The summed E-state index contributed by atoms with van der Waals surface area (Å²) >= 11 is 0. The molecule has 0 fully saturated rings. The van der Waals surface area contributed by atoms with Gasteiger partial charge in [-0.15, -0.1) is 0 Å². The Bertz CT molecular complexity index is 728. The normalized spacial score (nSPS) is 11.2. The maximum absolute atomic E-state index is 11.6. The Balaban J connectivity index is 1.61. The first kappa shape index (κ1) is 20.6. The molecule has 1 heterocycles. The number of unbranched alkanes of at least 4 members (excludes halogenated alkanes) is 1. The van der Waals surface area contributed by atoms with E-state index in [-0.39, 0.29) is 5.56 Å². The highest BCUT2D eigenvalue weighted by Gasteiger charge is 1.98. The van der Waals surface area contributed by atoms with Crippen LogP contribution in [-0.2, 0) is 6.54 Å². The van der Waals surface area contributed by atoms with E-state index in [1.165, 1.54) is 0 Å². The highest BCUT2D eigenvalue weighted by atomic mass is 16.5. The fourth-order valence-electron chi connectivity index (χ4n) is 2.56. The lowest BCUT2D eigenvalue weighted by Crippen LogP contribution is -2.38. The molecule has 2 aromatic rings. The Labute approximate surface area is 161 Å². The number of nitrogens with one attached hydrogen (secondary N) is 2. The number of hydrogen-bond acceptors (Lipinski definition) is 3. The molecule has 27 heavy (non-hydrogen) atoms. The molecule has 0 spiro atoms. The van der Waals surface area contributed by atoms with E-state index in [0.717, 1.165) is 50.6 Å². The standard InChI is InChI=1S/C21H30N4O2/c1-2-22-21(24-15-10-18-27-19-11-4-3-5-12-19)23-14-7-9-17-25-16-8-6-13-20(25)26/h3-6,8,11-13,16H,2,7,9-10,14-15,17-18H2,1H3,(H2,22,23,24). The number of ether oxygens (including phenoxy) is 1. The van der Waals surface area contributed by atoms with Gasteiger partial charge in [-0.3, -0.25) is 9.79 Å². The van der Waals surface area contributed by atoms with Gasteiger partial charge in [-0.05, 0) is 38.0 Å². The summed E-state index contributed by atoms with van der Waals surface area (Å²) in [5.74, 6) is 1.72. The Morgan fingerprint density at radius 1 is 1.04 bits per heavy atom. The number of rotatable bonds is 11. The van der Waals surface area contributed by atoms with Crippen LogP contribution in [0.15, 0.2) is 64.5 Å². The summed E-state index contributed by atoms with van der Waals surface area (Å²) < 4.78 is 7.42. The van der Waals surface area contributed by atoms with Gasteiger partial charge in [-0.2, -0.15) is 0 Å². The predicted octanol–water partition coefficient (Wildman–Crippen LogP) is 2.65. The third-order valence-electron chi connectivity index (χ3n) is 3.95. The Morgan fingerprint density at radius 3 is 2.63 bits per heavy atom. The molecular weight excluding hydrogens is 340 g/mol. The SMILES string of the molecule is CCNC(=NCCCOc1ccccc1)NCCCCn1ccccc1=O. The molecule has 0 aliphatic rings. The highest BCUT2D eigenvalue weighted by molar-refractivity contribution is 5.79. The predicted molar refractivity (Wildman–Crippen MR) is 110 cm³/mol. The van der Waals surface area contributed by atoms with Gasteiger partial charge < -0.3 is 19.9 Å². The molecule has 0 atom stereocenters. The first-order valence-electron chi connectivity index (χ1n) is 9.65. The minimum atomic E-state index is 0.0538. The summed E-state index contributed by atoms with van der Waals surface area (Å²) in [4.78, 5) is 16.2. The molecule has 0 bridgehead atoms. The largest absolute Gasteiger partial charge is 0.494 e. The summed E-state index contributed by atoms with van der Waals surface area (Å²) in [5.41, 5.74) is 0.0538. The van der Waals surface area contributed by atoms with E-state index in [0.29, 0.717) is 13.2 Å². The number of aryl methyl sites for hydroxylation is 1. The van der Waals surface area contributed by atoms with Crippen LogP contribution >= 0.6 is 0 Å². The van der Waals surface area contributed by atoms with Crippen molar-refractivity contribution < 1.29 is 4.74 Å². The average Bonchev–Trinajstić information content (AvgIpc) is 2.69. The zero-order valence-corrected chi connectivity index (χ0v) is 16.1. The van der Waals surface area contributed by atoms with Crippen LogP contribution in [-0.4, -0.2) is 36.8 Å². The van der Waals surface area contributed by atoms with Gasteiger partial charge in [0, 0.05) is 44.9 Å². The molecule has 6 heteroatoms. The maximum atomic E-state index is 11.6. The van der Waals surface area contributed by atoms with Crippen molar-refractivity contribution in [1.82, 2.24) is 15.2 Å². The minimum Gasteiger partial charge on any atom is -0.494 e. The van der Waals surface area contributed by atoms with E-state index in [2.05, 4.69) is 22.5 Å². The van der Waals surface area contributed by atoms with Crippen LogP contribution in [0, 0.1) is 0 Å². The van der Waals surface area contributed by atoms with Gasteiger partial charge in [-0.1, -0.05) is 24.3 Å². The number of benzene rings is 1. The summed E-state index contributed by atoms with van der Waals surface area (Å²) in [7, 11) is 0. The Morgan fingerprint density at radius 2 is 1.85 bits per heavy atom. The fourth-order valence-corrected chi connectivity index (χ4v) is 2.56. The first-order chi connectivity index (χ1) is 13.3. The van der Waals surface area contributed by atoms with E-state index in [9.17, 15) is 4.79 Å². The molecule has 0 aliphatic heterocycles. The Hall–Kier alpha value is -2.76. The summed E-state index contributed by atoms with van der Waals surface area (Å²) in [6.07, 6.45) is 4.62. The van der Waals surface area contributed by atoms with Crippen LogP contribution in [0.25, 0.3) is 0 Å². The number of aromatic nitrogens is 1. The first-order valence-corrected chi connectivity index (χ1v) is 9.65. The van der Waals surface area contributed by atoms with Crippen molar-refractivity contribution in [1.29, 1.82) is 0 Å². The number of hydrogen-bond donors (Lipinski definition) is 2. The van der Waals surface area contributed by atoms with Gasteiger partial charge >= 0.3 is 0 Å². The van der Waals surface area contributed by atoms with Crippen LogP contribution in [0.4, 0.5) is 0 Å². The number of para-hydroxylation sites is 1. The number of nitrogens with zero attached hydrogens (tertiary/aromatic N) is 2. The fraction of sp³-hybridized carbons (Fsp3) is 0.429. The number of guanidine groups is 1. The van der Waals surface area contributed by atoms with Gasteiger partial charge in [0.05, 0.1) is 6.61 Å². The van der Waals surface area contributed by atoms with Gasteiger partial charge in [0.15, 0.2) is 5.96 Å². The average molecular weight is 370 g/mol. The van der Waals surface area contributed by atoms with Gasteiger partial charge in [0.1, 0.15) is 5.75 Å². The van der Waals surface area contributed by atoms with Crippen molar-refractivity contribution in [3.63, 3.8) is 0 Å². The van der Waals surface area contributed by atoms with Crippen molar-refractivity contribution >= 4 is 5.96 Å². The van der Waals surface area contributed by atoms with Crippen LogP contribution in [0.2, 0.25) is 0 Å². The molecule has 0 amide bonds. The molecule has 1 aromatic heterocycles. The van der Waals surface area contributed by atoms with E-state index in [1.54, 1.807) is 16.7 Å². The molecule has 2 N–H and O–H groups in total. The van der Waals surface area contributed by atoms with E-state index >= 15 is 0 Å². The van der Waals surface area contributed by atoms with Crippen LogP contribution in [0.3, 0.4) is 0 Å². The summed E-state index contributed by atoms with van der Waals surface area (Å²) in [6, 6.07) is 15.1. The van der Waals surface area contributed by atoms with Crippen LogP contribution < -0.4 is 20.9 Å². The van der Waals surface area contributed by atoms with Crippen molar-refractivity contribution in [2.24, 2.45) is 4.99 Å². The zero-order valence-electron chi connectivity index (χ0n) is 16.1. The maximum Gasteiger partial charge on any atom is 0.250 e. The second-order valence-corrected chi connectivity index (χ2v) is 6.14. The monoisotopic (exact) mass is 370 g/mol. The number of aliphatic imine (C=N–C) groups is 1. The topological polar surface area (TPSA) is 67.7 Å². The van der Waals surface area contributed by atoms with E-state index in [1.807, 2.05) is 42.6 Å². The smallest absolute Gasteiger partial charge is 0.250 e. The molecular formula is C21H30N4O2. The van der Waals surface area contributed by atoms with Gasteiger partial charge in [-0.25, -0.2) is 0 Å². The lowest BCUT2D eigenvalue weighted by atomic mass is 10.3. The molecule has 1 aromatic carbocycles. The second-order valence-electron chi connectivity index (χ2n) is 6.14. The summed E-state index contributed by atoms with van der Waals surface area (Å²) in [6.45, 7) is 5.81. The molecule has 2 rings (SSSR count). The van der Waals surface area contributed by atoms with Crippen LogP contribution in [0.1, 0.15) is 26.2 Å². The van der Waals surface area contributed by atoms with E-state index < -0.39 is 0 Å². The quantitative estimate of drug-likeness (QED) is 0.363.